The minimum absolute atomic E-state index is 0.0454. The SMILES string of the molecule is COc1ccc2ccnc(NCCOCCO)c2c1. The smallest absolute Gasteiger partial charge is 0.134 e. The second kappa shape index (κ2) is 6.92. The maximum Gasteiger partial charge on any atom is 0.134 e. The fourth-order valence-corrected chi connectivity index (χ4v) is 1.82. The van der Waals surface area contributed by atoms with Crippen molar-refractivity contribution in [2.24, 2.45) is 0 Å². The maximum atomic E-state index is 8.61. The first-order valence-electron chi connectivity index (χ1n) is 6.20. The van der Waals surface area contributed by atoms with Gasteiger partial charge < -0.3 is 19.9 Å². The summed E-state index contributed by atoms with van der Waals surface area (Å²) in [7, 11) is 1.65. The molecule has 0 atom stereocenters. The molecule has 1 aromatic carbocycles. The largest absolute Gasteiger partial charge is 0.497 e. The first-order valence-corrected chi connectivity index (χ1v) is 6.20. The number of rotatable bonds is 7. The zero-order valence-corrected chi connectivity index (χ0v) is 10.9. The Hall–Kier alpha value is -1.85. The Labute approximate surface area is 112 Å². The standard InChI is InChI=1S/C14H18N2O3/c1-18-12-3-2-11-4-5-15-14(13(11)10-12)16-6-8-19-9-7-17/h2-5,10,17H,6-9H2,1H3,(H,15,16). The van der Waals surface area contributed by atoms with Crippen molar-refractivity contribution in [3.8, 4) is 5.75 Å². The van der Waals surface area contributed by atoms with E-state index in [9.17, 15) is 0 Å². The van der Waals surface area contributed by atoms with Crippen LogP contribution in [-0.4, -0.2) is 43.6 Å². The van der Waals surface area contributed by atoms with Crippen LogP contribution in [0.4, 0.5) is 5.82 Å². The monoisotopic (exact) mass is 262 g/mol. The molecule has 0 saturated carbocycles. The molecule has 0 aliphatic rings. The third-order valence-electron chi connectivity index (χ3n) is 2.75. The molecule has 1 heterocycles. The number of nitrogens with zero attached hydrogens (tertiary/aromatic N) is 1. The molecule has 0 unspecified atom stereocenters. The molecule has 19 heavy (non-hydrogen) atoms. The van der Waals surface area contributed by atoms with Crippen molar-refractivity contribution in [3.63, 3.8) is 0 Å². The second-order valence-electron chi connectivity index (χ2n) is 4.01. The lowest BCUT2D eigenvalue weighted by Crippen LogP contribution is -2.12. The molecule has 2 aromatic rings. The number of nitrogens with one attached hydrogen (secondary N) is 1. The highest BCUT2D eigenvalue weighted by atomic mass is 16.5. The van der Waals surface area contributed by atoms with Crippen molar-refractivity contribution in [1.29, 1.82) is 0 Å². The molecule has 2 rings (SSSR count). The van der Waals surface area contributed by atoms with Gasteiger partial charge in [-0.1, -0.05) is 6.07 Å². The summed E-state index contributed by atoms with van der Waals surface area (Å²) in [6.45, 7) is 1.58. The molecule has 5 nitrogen and oxygen atoms in total. The van der Waals surface area contributed by atoms with Crippen LogP contribution in [0.2, 0.25) is 0 Å². The van der Waals surface area contributed by atoms with E-state index in [4.69, 9.17) is 14.6 Å². The van der Waals surface area contributed by atoms with Gasteiger partial charge in [-0.05, 0) is 23.6 Å². The third-order valence-corrected chi connectivity index (χ3v) is 2.75. The summed E-state index contributed by atoms with van der Waals surface area (Å²) in [5.74, 6) is 1.61. The number of fused-ring (bicyclic) bond motifs is 1. The predicted octanol–water partition coefficient (Wildman–Crippen LogP) is 1.66. The molecule has 0 aliphatic carbocycles. The van der Waals surface area contributed by atoms with Crippen LogP contribution >= 0.6 is 0 Å². The Morgan fingerprint density at radius 3 is 2.95 bits per heavy atom. The number of aliphatic hydroxyl groups excluding tert-OH is 1. The Morgan fingerprint density at radius 1 is 1.26 bits per heavy atom. The summed E-state index contributed by atoms with van der Waals surface area (Å²) in [5.41, 5.74) is 0. The lowest BCUT2D eigenvalue weighted by molar-refractivity contribution is 0.0992. The van der Waals surface area contributed by atoms with Crippen LogP contribution in [0.3, 0.4) is 0 Å². The van der Waals surface area contributed by atoms with E-state index < -0.39 is 0 Å². The second-order valence-corrected chi connectivity index (χ2v) is 4.01. The summed E-state index contributed by atoms with van der Waals surface area (Å²) in [6.07, 6.45) is 1.77. The predicted molar refractivity (Wildman–Crippen MR) is 74.7 cm³/mol. The van der Waals surface area contributed by atoms with Gasteiger partial charge in [-0.3, -0.25) is 0 Å². The molecular weight excluding hydrogens is 244 g/mol. The number of aliphatic hydroxyl groups is 1. The van der Waals surface area contributed by atoms with Crippen LogP contribution in [-0.2, 0) is 4.74 Å². The van der Waals surface area contributed by atoms with Crippen LogP contribution in [0.15, 0.2) is 30.5 Å². The highest BCUT2D eigenvalue weighted by Crippen LogP contribution is 2.25. The Morgan fingerprint density at radius 2 is 2.16 bits per heavy atom. The minimum atomic E-state index is 0.0454. The van der Waals surface area contributed by atoms with Gasteiger partial charge in [-0.2, -0.15) is 0 Å². The van der Waals surface area contributed by atoms with Crippen LogP contribution in [0.5, 0.6) is 5.75 Å². The lowest BCUT2D eigenvalue weighted by atomic mass is 10.1. The van der Waals surface area contributed by atoms with Crippen molar-refractivity contribution in [2.75, 3.05) is 38.8 Å². The molecule has 0 saturated heterocycles. The third kappa shape index (κ3) is 3.56. The van der Waals surface area contributed by atoms with E-state index in [1.54, 1.807) is 13.3 Å². The van der Waals surface area contributed by atoms with Crippen LogP contribution in [0.25, 0.3) is 10.8 Å². The zero-order chi connectivity index (χ0) is 13.5. The number of pyridine rings is 1. The fraction of sp³-hybridized carbons (Fsp3) is 0.357. The van der Waals surface area contributed by atoms with Crippen LogP contribution < -0.4 is 10.1 Å². The highest BCUT2D eigenvalue weighted by Gasteiger charge is 2.03. The van der Waals surface area contributed by atoms with Crippen molar-refractivity contribution < 1.29 is 14.6 Å². The Bertz CT molecular complexity index is 531. The van der Waals surface area contributed by atoms with E-state index in [2.05, 4.69) is 10.3 Å². The van der Waals surface area contributed by atoms with Gasteiger partial charge in [0.25, 0.3) is 0 Å². The molecule has 102 valence electrons. The number of hydrogen-bond acceptors (Lipinski definition) is 5. The summed E-state index contributed by atoms with van der Waals surface area (Å²) in [4.78, 5) is 4.33. The number of anilines is 1. The average Bonchev–Trinajstić information content (AvgIpc) is 2.46. The van der Waals surface area contributed by atoms with Crippen molar-refractivity contribution in [1.82, 2.24) is 4.98 Å². The van der Waals surface area contributed by atoms with Gasteiger partial charge in [0.05, 0.1) is 26.9 Å². The van der Waals surface area contributed by atoms with E-state index in [0.29, 0.717) is 19.8 Å². The average molecular weight is 262 g/mol. The molecular formula is C14H18N2O3. The maximum absolute atomic E-state index is 8.61. The summed E-state index contributed by atoms with van der Waals surface area (Å²) >= 11 is 0. The van der Waals surface area contributed by atoms with Crippen molar-refractivity contribution in [2.45, 2.75) is 0 Å². The van der Waals surface area contributed by atoms with Crippen molar-refractivity contribution in [3.05, 3.63) is 30.5 Å². The van der Waals surface area contributed by atoms with Gasteiger partial charge in [-0.15, -0.1) is 0 Å². The molecule has 0 fully saturated rings. The van der Waals surface area contributed by atoms with Gasteiger partial charge in [0.15, 0.2) is 0 Å². The van der Waals surface area contributed by atoms with E-state index in [0.717, 1.165) is 22.3 Å². The van der Waals surface area contributed by atoms with E-state index in [1.807, 2.05) is 24.3 Å². The van der Waals surface area contributed by atoms with Crippen LogP contribution in [0, 0.1) is 0 Å². The summed E-state index contributed by atoms with van der Waals surface area (Å²) in [6, 6.07) is 7.85. The molecule has 5 heteroatoms. The van der Waals surface area contributed by atoms with Gasteiger partial charge in [0.1, 0.15) is 11.6 Å². The molecule has 2 N–H and O–H groups in total. The van der Waals surface area contributed by atoms with E-state index >= 15 is 0 Å². The highest BCUT2D eigenvalue weighted by molar-refractivity contribution is 5.92. The molecule has 0 spiro atoms. The molecule has 0 bridgehead atoms. The van der Waals surface area contributed by atoms with Gasteiger partial charge in [0, 0.05) is 18.1 Å². The summed E-state index contributed by atoms with van der Waals surface area (Å²) in [5, 5.41) is 14.0. The molecule has 0 amide bonds. The number of ether oxygens (including phenoxy) is 2. The van der Waals surface area contributed by atoms with Crippen LogP contribution in [0.1, 0.15) is 0 Å². The number of benzene rings is 1. The molecule has 1 aromatic heterocycles. The number of hydrogen-bond donors (Lipinski definition) is 2. The zero-order valence-electron chi connectivity index (χ0n) is 10.9. The fourth-order valence-electron chi connectivity index (χ4n) is 1.82. The van der Waals surface area contributed by atoms with Gasteiger partial charge >= 0.3 is 0 Å². The van der Waals surface area contributed by atoms with E-state index in [-0.39, 0.29) is 6.61 Å². The Balaban J connectivity index is 2.08. The van der Waals surface area contributed by atoms with Gasteiger partial charge in [0.2, 0.25) is 0 Å². The van der Waals surface area contributed by atoms with Crippen molar-refractivity contribution >= 4 is 16.6 Å². The Kier molecular flexibility index (Phi) is 4.94. The topological polar surface area (TPSA) is 63.6 Å². The number of methoxy groups -OCH3 is 1. The lowest BCUT2D eigenvalue weighted by Gasteiger charge is -2.10. The number of aromatic nitrogens is 1. The normalized spacial score (nSPS) is 10.6. The van der Waals surface area contributed by atoms with Gasteiger partial charge in [-0.25, -0.2) is 4.98 Å². The van der Waals surface area contributed by atoms with E-state index in [1.165, 1.54) is 0 Å². The minimum Gasteiger partial charge on any atom is -0.497 e. The quantitative estimate of drug-likeness (QED) is 0.743. The summed E-state index contributed by atoms with van der Waals surface area (Å²) < 4.78 is 10.4. The molecule has 0 aliphatic heterocycles. The molecule has 0 radical (unpaired) electrons. The first-order chi connectivity index (χ1) is 9.35. The first kappa shape index (κ1) is 13.6.